The van der Waals surface area contributed by atoms with E-state index in [0.29, 0.717) is 21.0 Å². The topological polar surface area (TPSA) is 27.3 Å². The fourth-order valence-electron chi connectivity index (χ4n) is 2.05. The first kappa shape index (κ1) is 14.3. The zero-order valence-corrected chi connectivity index (χ0v) is 13.4. The van der Waals surface area contributed by atoms with Gasteiger partial charge in [0.05, 0.1) is 18.2 Å². The summed E-state index contributed by atoms with van der Waals surface area (Å²) in [5.41, 5.74) is 1.42. The average Bonchev–Trinajstić information content (AvgIpc) is 2.48. The standard InChI is InChI=1S/C15H10ClNO2S2/c1-18-11-6-7-12-13(8-11)19-15(21)17(14(12)20)10-4-2-9(16)3-5-10/h2-8H,1H3. The van der Waals surface area contributed by atoms with Gasteiger partial charge in [-0.15, -0.1) is 0 Å². The average molecular weight is 336 g/mol. The number of benzene rings is 2. The second-order valence-electron chi connectivity index (χ2n) is 4.35. The summed E-state index contributed by atoms with van der Waals surface area (Å²) in [5, 5.41) is 1.45. The van der Waals surface area contributed by atoms with Gasteiger partial charge < -0.3 is 9.15 Å². The molecule has 0 radical (unpaired) electrons. The lowest BCUT2D eigenvalue weighted by atomic mass is 10.2. The number of halogens is 1. The normalized spacial score (nSPS) is 10.8. The highest BCUT2D eigenvalue weighted by Crippen LogP contribution is 2.24. The van der Waals surface area contributed by atoms with E-state index in [1.54, 1.807) is 29.9 Å². The number of hydrogen-bond donors (Lipinski definition) is 0. The predicted octanol–water partition coefficient (Wildman–Crippen LogP) is 5.34. The number of fused-ring (bicyclic) bond motifs is 1. The van der Waals surface area contributed by atoms with Gasteiger partial charge in [0.1, 0.15) is 16.0 Å². The maximum Gasteiger partial charge on any atom is 0.274 e. The Morgan fingerprint density at radius 3 is 2.48 bits per heavy atom. The molecule has 2 aromatic carbocycles. The Labute approximate surface area is 136 Å². The Kier molecular flexibility index (Phi) is 3.80. The molecular weight excluding hydrogens is 326 g/mol. The Morgan fingerprint density at radius 1 is 1.10 bits per heavy atom. The van der Waals surface area contributed by atoms with E-state index in [9.17, 15) is 0 Å². The first-order valence-corrected chi connectivity index (χ1v) is 7.29. The van der Waals surface area contributed by atoms with Gasteiger partial charge in [0.15, 0.2) is 0 Å². The zero-order valence-electron chi connectivity index (χ0n) is 11.0. The van der Waals surface area contributed by atoms with E-state index in [4.69, 9.17) is 45.2 Å². The van der Waals surface area contributed by atoms with Gasteiger partial charge in [0.2, 0.25) is 0 Å². The second kappa shape index (κ2) is 5.60. The van der Waals surface area contributed by atoms with Crippen molar-refractivity contribution in [1.29, 1.82) is 0 Å². The molecule has 0 fully saturated rings. The molecule has 21 heavy (non-hydrogen) atoms. The van der Waals surface area contributed by atoms with Gasteiger partial charge in [0, 0.05) is 11.1 Å². The molecule has 3 aromatic rings. The van der Waals surface area contributed by atoms with Crippen LogP contribution in [0.25, 0.3) is 16.7 Å². The molecule has 0 unspecified atom stereocenters. The van der Waals surface area contributed by atoms with Gasteiger partial charge in [-0.1, -0.05) is 23.8 Å². The molecule has 0 bridgehead atoms. The first-order chi connectivity index (χ1) is 10.1. The molecule has 0 N–H and O–H groups in total. The lowest BCUT2D eigenvalue weighted by Gasteiger charge is -2.09. The molecule has 6 heteroatoms. The van der Waals surface area contributed by atoms with Crippen molar-refractivity contribution in [2.24, 2.45) is 0 Å². The van der Waals surface area contributed by atoms with E-state index < -0.39 is 0 Å². The molecule has 0 saturated heterocycles. The molecule has 0 saturated carbocycles. The van der Waals surface area contributed by atoms with Crippen LogP contribution in [-0.4, -0.2) is 11.7 Å². The monoisotopic (exact) mass is 335 g/mol. The zero-order chi connectivity index (χ0) is 15.0. The Bertz CT molecular complexity index is 929. The Morgan fingerprint density at radius 2 is 1.81 bits per heavy atom. The molecular formula is C15H10ClNO2S2. The third kappa shape index (κ3) is 2.60. The van der Waals surface area contributed by atoms with Gasteiger partial charge >= 0.3 is 0 Å². The number of hydrogen-bond acceptors (Lipinski definition) is 4. The van der Waals surface area contributed by atoms with Gasteiger partial charge in [-0.3, -0.25) is 4.57 Å². The van der Waals surface area contributed by atoms with Crippen LogP contribution in [0.4, 0.5) is 0 Å². The predicted molar refractivity (Wildman–Crippen MR) is 88.8 cm³/mol. The minimum Gasteiger partial charge on any atom is -0.497 e. The minimum absolute atomic E-state index is 0.281. The number of methoxy groups -OCH3 is 1. The minimum atomic E-state index is 0.281. The van der Waals surface area contributed by atoms with E-state index >= 15 is 0 Å². The van der Waals surface area contributed by atoms with Gasteiger partial charge in [-0.05, 0) is 48.6 Å². The van der Waals surface area contributed by atoms with Gasteiger partial charge in [-0.2, -0.15) is 0 Å². The second-order valence-corrected chi connectivity index (χ2v) is 5.52. The highest BCUT2D eigenvalue weighted by Gasteiger charge is 2.08. The van der Waals surface area contributed by atoms with Crippen LogP contribution < -0.4 is 4.74 Å². The lowest BCUT2D eigenvalue weighted by molar-refractivity contribution is 0.414. The third-order valence-electron chi connectivity index (χ3n) is 3.09. The summed E-state index contributed by atoms with van der Waals surface area (Å²) in [6.07, 6.45) is 0. The molecule has 1 heterocycles. The molecule has 0 aliphatic carbocycles. The number of ether oxygens (including phenoxy) is 1. The molecule has 0 amide bonds. The van der Waals surface area contributed by atoms with E-state index in [1.165, 1.54) is 0 Å². The smallest absolute Gasteiger partial charge is 0.274 e. The number of aromatic nitrogens is 1. The molecule has 106 valence electrons. The lowest BCUT2D eigenvalue weighted by Crippen LogP contribution is -1.99. The van der Waals surface area contributed by atoms with Crippen molar-refractivity contribution in [2.45, 2.75) is 0 Å². The number of rotatable bonds is 2. The first-order valence-electron chi connectivity index (χ1n) is 6.10. The van der Waals surface area contributed by atoms with Crippen LogP contribution in [-0.2, 0) is 0 Å². The Balaban J connectivity index is 2.32. The summed E-state index contributed by atoms with van der Waals surface area (Å²) in [5.74, 6) is 0.694. The molecule has 0 aliphatic rings. The van der Waals surface area contributed by atoms with Crippen molar-refractivity contribution < 1.29 is 9.15 Å². The summed E-state index contributed by atoms with van der Waals surface area (Å²) in [6.45, 7) is 0. The van der Waals surface area contributed by atoms with Crippen LogP contribution in [0.15, 0.2) is 46.9 Å². The largest absolute Gasteiger partial charge is 0.497 e. The number of nitrogens with zero attached hydrogens (tertiary/aromatic N) is 1. The maximum atomic E-state index is 5.91. The molecule has 0 spiro atoms. The van der Waals surface area contributed by atoms with Crippen molar-refractivity contribution >= 4 is 47.0 Å². The summed E-state index contributed by atoms with van der Waals surface area (Å²) in [7, 11) is 1.60. The summed E-state index contributed by atoms with van der Waals surface area (Å²) < 4.78 is 13.2. The fourth-order valence-corrected chi connectivity index (χ4v) is 2.87. The van der Waals surface area contributed by atoms with E-state index in [-0.39, 0.29) is 4.84 Å². The molecule has 1 aromatic heterocycles. The van der Waals surface area contributed by atoms with Gasteiger partial charge in [0.25, 0.3) is 4.84 Å². The maximum absolute atomic E-state index is 5.91. The van der Waals surface area contributed by atoms with Crippen LogP contribution in [0.5, 0.6) is 5.75 Å². The van der Waals surface area contributed by atoms with Crippen LogP contribution in [0, 0.1) is 9.48 Å². The van der Waals surface area contributed by atoms with Gasteiger partial charge in [-0.25, -0.2) is 0 Å². The Hall–Kier alpha value is -1.69. The van der Waals surface area contributed by atoms with E-state index in [2.05, 4.69) is 0 Å². The third-order valence-corrected chi connectivity index (χ3v) is 4.01. The molecule has 0 aliphatic heterocycles. The van der Waals surface area contributed by atoms with Crippen LogP contribution in [0.2, 0.25) is 5.02 Å². The van der Waals surface area contributed by atoms with Crippen LogP contribution in [0.3, 0.4) is 0 Å². The van der Waals surface area contributed by atoms with Crippen molar-refractivity contribution in [3.8, 4) is 11.4 Å². The fraction of sp³-hybridized carbons (Fsp3) is 0.0667. The van der Waals surface area contributed by atoms with Crippen LogP contribution in [0.1, 0.15) is 0 Å². The van der Waals surface area contributed by atoms with Crippen molar-refractivity contribution in [2.75, 3.05) is 7.11 Å². The molecule has 3 nitrogen and oxygen atoms in total. The molecule has 0 atom stereocenters. The summed E-state index contributed by atoms with van der Waals surface area (Å²) in [4.78, 5) is 0.281. The van der Waals surface area contributed by atoms with Crippen molar-refractivity contribution in [3.63, 3.8) is 0 Å². The SMILES string of the molecule is COc1ccc2c(=S)n(-c3ccc(Cl)cc3)c(=S)oc2c1. The van der Waals surface area contributed by atoms with E-state index in [0.717, 1.165) is 11.1 Å². The van der Waals surface area contributed by atoms with Crippen LogP contribution >= 0.6 is 36.0 Å². The molecule has 3 rings (SSSR count). The summed E-state index contributed by atoms with van der Waals surface area (Å²) in [6, 6.07) is 12.7. The summed E-state index contributed by atoms with van der Waals surface area (Å²) >= 11 is 16.8. The van der Waals surface area contributed by atoms with Crippen molar-refractivity contribution in [3.05, 3.63) is 57.0 Å². The van der Waals surface area contributed by atoms with E-state index in [1.807, 2.05) is 24.3 Å². The quantitative estimate of drug-likeness (QED) is 0.590. The highest BCUT2D eigenvalue weighted by atomic mass is 35.5. The highest BCUT2D eigenvalue weighted by molar-refractivity contribution is 7.72. The van der Waals surface area contributed by atoms with Crippen molar-refractivity contribution in [1.82, 2.24) is 4.57 Å².